The highest BCUT2D eigenvalue weighted by Crippen LogP contribution is 2.23. The lowest BCUT2D eigenvalue weighted by Gasteiger charge is -2.11. The number of nitrogens with zero attached hydrogens (tertiary/aromatic N) is 1. The van der Waals surface area contributed by atoms with Crippen molar-refractivity contribution in [1.82, 2.24) is 10.3 Å². The summed E-state index contributed by atoms with van der Waals surface area (Å²) in [5.41, 5.74) is 2.86. The van der Waals surface area contributed by atoms with Crippen LogP contribution in [0.4, 0.5) is 5.69 Å². The molecular formula is C15H20ClN3OS. The average Bonchev–Trinajstić information content (AvgIpc) is 2.86. The van der Waals surface area contributed by atoms with Crippen LogP contribution in [-0.2, 0) is 4.79 Å². The van der Waals surface area contributed by atoms with Crippen molar-refractivity contribution in [2.45, 2.75) is 13.8 Å². The third kappa shape index (κ3) is 4.81. The Morgan fingerprint density at radius 3 is 2.52 bits per heavy atom. The van der Waals surface area contributed by atoms with Crippen molar-refractivity contribution >= 4 is 35.3 Å². The van der Waals surface area contributed by atoms with Gasteiger partial charge in [0.1, 0.15) is 0 Å². The van der Waals surface area contributed by atoms with Crippen molar-refractivity contribution in [3.63, 3.8) is 0 Å². The van der Waals surface area contributed by atoms with Gasteiger partial charge < -0.3 is 10.6 Å². The Bertz CT molecular complexity index is 583. The van der Waals surface area contributed by atoms with Crippen LogP contribution in [0.1, 0.15) is 11.9 Å². The van der Waals surface area contributed by atoms with Crippen molar-refractivity contribution in [2.24, 2.45) is 5.92 Å². The summed E-state index contributed by atoms with van der Waals surface area (Å²) in [5.74, 6) is -0.0301. The van der Waals surface area contributed by atoms with E-state index in [1.807, 2.05) is 50.5 Å². The van der Waals surface area contributed by atoms with Crippen LogP contribution in [0.2, 0.25) is 0 Å². The smallest absolute Gasteiger partial charge is 0.228 e. The van der Waals surface area contributed by atoms with Gasteiger partial charge in [0.15, 0.2) is 0 Å². The number of benzene rings is 1. The molecule has 0 aliphatic carbocycles. The third-order valence-electron chi connectivity index (χ3n) is 3.03. The number of halogens is 1. The van der Waals surface area contributed by atoms with Crippen molar-refractivity contribution in [3.8, 4) is 11.3 Å². The Morgan fingerprint density at radius 2 is 2.00 bits per heavy atom. The molecule has 0 radical (unpaired) electrons. The van der Waals surface area contributed by atoms with Gasteiger partial charge in [-0.3, -0.25) is 4.79 Å². The number of rotatable bonds is 5. The molecule has 0 bridgehead atoms. The second kappa shape index (κ2) is 8.12. The van der Waals surface area contributed by atoms with Gasteiger partial charge in [-0.15, -0.1) is 23.7 Å². The topological polar surface area (TPSA) is 54.0 Å². The summed E-state index contributed by atoms with van der Waals surface area (Å²) < 4.78 is 0. The summed E-state index contributed by atoms with van der Waals surface area (Å²) >= 11 is 1.64. The molecule has 2 aromatic rings. The first-order chi connectivity index (χ1) is 9.60. The summed E-state index contributed by atoms with van der Waals surface area (Å²) in [4.78, 5) is 16.3. The van der Waals surface area contributed by atoms with E-state index in [1.165, 1.54) is 0 Å². The first kappa shape index (κ1) is 17.6. The Labute approximate surface area is 135 Å². The quantitative estimate of drug-likeness (QED) is 0.886. The fraction of sp³-hybridized carbons (Fsp3) is 0.333. The van der Waals surface area contributed by atoms with Crippen LogP contribution >= 0.6 is 23.7 Å². The normalized spacial score (nSPS) is 11.6. The zero-order valence-electron chi connectivity index (χ0n) is 12.3. The number of hydrogen-bond donors (Lipinski definition) is 2. The first-order valence-corrected chi connectivity index (χ1v) is 7.46. The molecule has 1 heterocycles. The lowest BCUT2D eigenvalue weighted by molar-refractivity contribution is -0.119. The van der Waals surface area contributed by atoms with Gasteiger partial charge in [-0.05, 0) is 26.1 Å². The van der Waals surface area contributed by atoms with Gasteiger partial charge in [0.25, 0.3) is 0 Å². The molecule has 114 valence electrons. The van der Waals surface area contributed by atoms with Crippen molar-refractivity contribution in [1.29, 1.82) is 0 Å². The lowest BCUT2D eigenvalue weighted by atomic mass is 10.1. The van der Waals surface area contributed by atoms with Crippen molar-refractivity contribution in [3.05, 3.63) is 34.7 Å². The summed E-state index contributed by atoms with van der Waals surface area (Å²) in [6.45, 7) is 4.56. The van der Waals surface area contributed by atoms with Gasteiger partial charge in [0.05, 0.1) is 10.7 Å². The summed E-state index contributed by atoms with van der Waals surface area (Å²) in [7, 11) is 1.84. The van der Waals surface area contributed by atoms with Gasteiger partial charge in [-0.2, -0.15) is 0 Å². The predicted molar refractivity (Wildman–Crippen MR) is 91.3 cm³/mol. The molecule has 6 heteroatoms. The van der Waals surface area contributed by atoms with Crippen molar-refractivity contribution in [2.75, 3.05) is 18.9 Å². The number of aromatic nitrogens is 1. The molecule has 0 spiro atoms. The summed E-state index contributed by atoms with van der Waals surface area (Å²) in [5, 5.41) is 9.01. The molecule has 0 aliphatic rings. The minimum atomic E-state index is -0.0548. The molecule has 1 unspecified atom stereocenters. The third-order valence-corrected chi connectivity index (χ3v) is 3.80. The molecule has 0 fully saturated rings. The lowest BCUT2D eigenvalue weighted by Crippen LogP contribution is -2.28. The van der Waals surface area contributed by atoms with E-state index >= 15 is 0 Å². The molecule has 2 rings (SSSR count). The second-order valence-corrected chi connectivity index (χ2v) is 5.84. The predicted octanol–water partition coefficient (Wildman–Crippen LogP) is 3.33. The standard InChI is InChI=1S/C15H19N3OS.ClH/c1-10(8-16-3)15(19)18-13-6-4-12(5-7-13)14-9-20-11(2)17-14;/h4-7,9-10,16H,8H2,1-3H3,(H,18,19);1H. The molecule has 1 atom stereocenters. The zero-order chi connectivity index (χ0) is 14.5. The van der Waals surface area contributed by atoms with E-state index in [1.54, 1.807) is 11.3 Å². The number of anilines is 1. The monoisotopic (exact) mass is 325 g/mol. The number of carbonyl (C=O) groups is 1. The largest absolute Gasteiger partial charge is 0.326 e. The number of thiazole rings is 1. The van der Waals surface area contributed by atoms with Crippen LogP contribution in [0.5, 0.6) is 0 Å². The maximum atomic E-state index is 11.9. The van der Waals surface area contributed by atoms with E-state index in [0.717, 1.165) is 22.0 Å². The Morgan fingerprint density at radius 1 is 1.33 bits per heavy atom. The van der Waals surface area contributed by atoms with Gasteiger partial charge in [0.2, 0.25) is 5.91 Å². The molecule has 0 aliphatic heterocycles. The van der Waals surface area contributed by atoms with Crippen LogP contribution < -0.4 is 10.6 Å². The van der Waals surface area contributed by atoms with Gasteiger partial charge in [-0.1, -0.05) is 19.1 Å². The molecule has 1 aromatic carbocycles. The summed E-state index contributed by atoms with van der Waals surface area (Å²) in [6.07, 6.45) is 0. The molecule has 21 heavy (non-hydrogen) atoms. The average molecular weight is 326 g/mol. The van der Waals surface area contributed by atoms with Crippen LogP contribution in [0, 0.1) is 12.8 Å². The van der Waals surface area contributed by atoms with Crippen LogP contribution in [0.15, 0.2) is 29.6 Å². The van der Waals surface area contributed by atoms with Gasteiger partial charge in [-0.25, -0.2) is 4.98 Å². The zero-order valence-corrected chi connectivity index (χ0v) is 14.0. The molecule has 1 amide bonds. The number of aryl methyl sites for hydroxylation is 1. The molecule has 0 saturated heterocycles. The first-order valence-electron chi connectivity index (χ1n) is 6.58. The second-order valence-electron chi connectivity index (χ2n) is 4.78. The van der Waals surface area contributed by atoms with E-state index in [0.29, 0.717) is 6.54 Å². The van der Waals surface area contributed by atoms with E-state index in [-0.39, 0.29) is 24.2 Å². The minimum absolute atomic E-state index is 0. The van der Waals surface area contributed by atoms with Crippen LogP contribution in [0.25, 0.3) is 11.3 Å². The Balaban J connectivity index is 0.00000220. The molecular weight excluding hydrogens is 306 g/mol. The highest BCUT2D eigenvalue weighted by atomic mass is 35.5. The Kier molecular flexibility index (Phi) is 6.81. The van der Waals surface area contributed by atoms with E-state index in [4.69, 9.17) is 0 Å². The highest BCUT2D eigenvalue weighted by molar-refractivity contribution is 7.09. The van der Waals surface area contributed by atoms with Crippen molar-refractivity contribution < 1.29 is 4.79 Å². The SMILES string of the molecule is CNCC(C)C(=O)Nc1ccc(-c2csc(C)n2)cc1.Cl. The van der Waals surface area contributed by atoms with Crippen LogP contribution in [0.3, 0.4) is 0 Å². The van der Waals surface area contributed by atoms with E-state index < -0.39 is 0 Å². The minimum Gasteiger partial charge on any atom is -0.326 e. The summed E-state index contributed by atoms with van der Waals surface area (Å²) in [6, 6.07) is 7.78. The van der Waals surface area contributed by atoms with E-state index in [9.17, 15) is 4.79 Å². The molecule has 1 aromatic heterocycles. The fourth-order valence-corrected chi connectivity index (χ4v) is 2.51. The molecule has 4 nitrogen and oxygen atoms in total. The van der Waals surface area contributed by atoms with Crippen LogP contribution in [-0.4, -0.2) is 24.5 Å². The van der Waals surface area contributed by atoms with Gasteiger partial charge >= 0.3 is 0 Å². The molecule has 2 N–H and O–H groups in total. The van der Waals surface area contributed by atoms with E-state index in [2.05, 4.69) is 15.6 Å². The number of carbonyl (C=O) groups excluding carboxylic acids is 1. The molecule has 0 saturated carbocycles. The Hall–Kier alpha value is -1.43. The fourth-order valence-electron chi connectivity index (χ4n) is 1.88. The van der Waals surface area contributed by atoms with Gasteiger partial charge in [0, 0.05) is 29.1 Å². The maximum absolute atomic E-state index is 11.9. The maximum Gasteiger partial charge on any atom is 0.228 e. The number of amides is 1. The number of hydrogen-bond acceptors (Lipinski definition) is 4. The highest BCUT2D eigenvalue weighted by Gasteiger charge is 2.11. The number of nitrogens with one attached hydrogen (secondary N) is 2.